The molecular weight excluding hydrogens is 523 g/mol. The van der Waals surface area contributed by atoms with E-state index >= 15 is 0 Å². The number of benzene rings is 3. The van der Waals surface area contributed by atoms with Crippen LogP contribution >= 0.6 is 39.1 Å². The summed E-state index contributed by atoms with van der Waals surface area (Å²) in [4.78, 5) is 12.9. The van der Waals surface area contributed by atoms with E-state index in [0.29, 0.717) is 15.7 Å². The number of hydrogen-bond acceptors (Lipinski definition) is 3. The van der Waals surface area contributed by atoms with Gasteiger partial charge in [0.05, 0.1) is 22.2 Å². The molecular formula is C22H19BrCl2N2O3S. The van der Waals surface area contributed by atoms with Crippen molar-refractivity contribution < 1.29 is 13.2 Å². The molecule has 3 aromatic carbocycles. The number of sulfonamides is 1. The zero-order chi connectivity index (χ0) is 22.6. The molecule has 0 bridgehead atoms. The van der Waals surface area contributed by atoms with Crippen LogP contribution in [0, 0.1) is 6.92 Å². The number of aryl methyl sites for hydroxylation is 1. The van der Waals surface area contributed by atoms with Crippen LogP contribution < -0.4 is 5.32 Å². The van der Waals surface area contributed by atoms with Gasteiger partial charge in [-0.2, -0.15) is 4.31 Å². The highest BCUT2D eigenvalue weighted by atomic mass is 79.9. The van der Waals surface area contributed by atoms with Crippen LogP contribution in [-0.2, 0) is 21.4 Å². The molecule has 0 fully saturated rings. The van der Waals surface area contributed by atoms with Crippen molar-refractivity contribution in [3.8, 4) is 0 Å². The summed E-state index contributed by atoms with van der Waals surface area (Å²) in [6.07, 6.45) is 0. The summed E-state index contributed by atoms with van der Waals surface area (Å²) in [5.41, 5.74) is 2.00. The highest BCUT2D eigenvalue weighted by Crippen LogP contribution is 2.26. The number of rotatable bonds is 7. The van der Waals surface area contributed by atoms with Crippen LogP contribution in [0.5, 0.6) is 0 Å². The van der Waals surface area contributed by atoms with Gasteiger partial charge in [-0.25, -0.2) is 8.42 Å². The molecule has 0 aromatic heterocycles. The van der Waals surface area contributed by atoms with Gasteiger partial charge in [0, 0.05) is 16.0 Å². The molecule has 31 heavy (non-hydrogen) atoms. The molecule has 0 saturated heterocycles. The van der Waals surface area contributed by atoms with Gasteiger partial charge >= 0.3 is 0 Å². The number of amides is 1. The fraction of sp³-hybridized carbons (Fsp3) is 0.136. The van der Waals surface area contributed by atoms with Gasteiger partial charge in [0.15, 0.2) is 0 Å². The standard InChI is InChI=1S/C22H19BrCl2N2O3S/c1-15-2-9-19(10-3-15)31(29,30)27(13-16-4-6-17(23)7-5-16)14-22(28)26-21-12-18(24)8-11-20(21)25/h2-12H,13-14H2,1H3,(H,26,28). The molecule has 0 saturated carbocycles. The maximum absolute atomic E-state index is 13.3. The fourth-order valence-corrected chi connectivity index (χ4v) is 4.81. The lowest BCUT2D eigenvalue weighted by Gasteiger charge is -2.22. The minimum Gasteiger partial charge on any atom is -0.324 e. The molecule has 3 rings (SSSR count). The first kappa shape index (κ1) is 23.8. The van der Waals surface area contributed by atoms with Gasteiger partial charge in [0.25, 0.3) is 0 Å². The molecule has 0 spiro atoms. The van der Waals surface area contributed by atoms with Crippen molar-refractivity contribution in [3.05, 3.63) is 92.4 Å². The second-order valence-electron chi connectivity index (χ2n) is 6.88. The van der Waals surface area contributed by atoms with Gasteiger partial charge in [0.1, 0.15) is 0 Å². The minimum atomic E-state index is -3.93. The van der Waals surface area contributed by atoms with Crippen LogP contribution in [-0.4, -0.2) is 25.2 Å². The Balaban J connectivity index is 1.89. The van der Waals surface area contributed by atoms with Crippen LogP contribution in [0.4, 0.5) is 5.69 Å². The zero-order valence-corrected chi connectivity index (χ0v) is 20.4. The summed E-state index contributed by atoms with van der Waals surface area (Å²) in [5.74, 6) is -0.531. The second-order valence-corrected chi connectivity index (χ2v) is 10.6. The Labute approximate surface area is 200 Å². The van der Waals surface area contributed by atoms with Crippen molar-refractivity contribution in [1.82, 2.24) is 4.31 Å². The van der Waals surface area contributed by atoms with E-state index in [-0.39, 0.29) is 11.4 Å². The number of carbonyl (C=O) groups is 1. The second kappa shape index (κ2) is 10.1. The summed E-state index contributed by atoms with van der Waals surface area (Å²) in [6.45, 7) is 1.51. The zero-order valence-electron chi connectivity index (χ0n) is 16.5. The molecule has 1 amide bonds. The van der Waals surface area contributed by atoms with E-state index in [2.05, 4.69) is 21.2 Å². The van der Waals surface area contributed by atoms with Crippen LogP contribution in [0.2, 0.25) is 10.0 Å². The quantitative estimate of drug-likeness (QED) is 0.405. The summed E-state index contributed by atoms with van der Waals surface area (Å²) in [6, 6.07) is 18.4. The minimum absolute atomic E-state index is 0.0280. The third-order valence-electron chi connectivity index (χ3n) is 4.45. The first-order valence-electron chi connectivity index (χ1n) is 9.21. The number of halogens is 3. The molecule has 3 aromatic rings. The Morgan fingerprint density at radius 3 is 2.29 bits per heavy atom. The maximum atomic E-state index is 13.3. The molecule has 0 aliphatic heterocycles. The Morgan fingerprint density at radius 1 is 1.00 bits per heavy atom. The predicted molar refractivity (Wildman–Crippen MR) is 128 cm³/mol. The number of carbonyl (C=O) groups excluding carboxylic acids is 1. The third-order valence-corrected chi connectivity index (χ3v) is 7.35. The van der Waals surface area contributed by atoms with Gasteiger partial charge in [-0.3, -0.25) is 4.79 Å². The fourth-order valence-electron chi connectivity index (χ4n) is 2.82. The first-order valence-corrected chi connectivity index (χ1v) is 12.2. The van der Waals surface area contributed by atoms with Crippen molar-refractivity contribution in [2.75, 3.05) is 11.9 Å². The molecule has 9 heteroatoms. The average Bonchev–Trinajstić information content (AvgIpc) is 2.72. The van der Waals surface area contributed by atoms with E-state index in [1.165, 1.54) is 18.2 Å². The normalized spacial score (nSPS) is 11.5. The molecule has 0 aliphatic rings. The van der Waals surface area contributed by atoms with Crippen molar-refractivity contribution >= 4 is 60.7 Å². The highest BCUT2D eigenvalue weighted by Gasteiger charge is 2.27. The van der Waals surface area contributed by atoms with Crippen molar-refractivity contribution in [2.24, 2.45) is 0 Å². The smallest absolute Gasteiger partial charge is 0.243 e. The van der Waals surface area contributed by atoms with Crippen LogP contribution in [0.25, 0.3) is 0 Å². The van der Waals surface area contributed by atoms with Crippen LogP contribution in [0.3, 0.4) is 0 Å². The number of nitrogens with zero attached hydrogens (tertiary/aromatic N) is 1. The summed E-state index contributed by atoms with van der Waals surface area (Å²) < 4.78 is 28.6. The van der Waals surface area contributed by atoms with E-state index < -0.39 is 22.5 Å². The Morgan fingerprint density at radius 2 is 1.65 bits per heavy atom. The summed E-state index contributed by atoms with van der Waals surface area (Å²) in [5, 5.41) is 3.35. The molecule has 0 aliphatic carbocycles. The lowest BCUT2D eigenvalue weighted by Crippen LogP contribution is -2.37. The highest BCUT2D eigenvalue weighted by molar-refractivity contribution is 9.10. The van der Waals surface area contributed by atoms with E-state index in [9.17, 15) is 13.2 Å². The van der Waals surface area contributed by atoms with Crippen LogP contribution in [0.1, 0.15) is 11.1 Å². The number of nitrogens with one attached hydrogen (secondary N) is 1. The monoisotopic (exact) mass is 540 g/mol. The van der Waals surface area contributed by atoms with E-state index in [1.807, 2.05) is 19.1 Å². The number of anilines is 1. The van der Waals surface area contributed by atoms with Gasteiger partial charge < -0.3 is 5.32 Å². The SMILES string of the molecule is Cc1ccc(S(=O)(=O)N(CC(=O)Nc2cc(Cl)ccc2Cl)Cc2ccc(Br)cc2)cc1. The van der Waals surface area contributed by atoms with E-state index in [1.54, 1.807) is 36.4 Å². The van der Waals surface area contributed by atoms with E-state index in [0.717, 1.165) is 19.9 Å². The summed E-state index contributed by atoms with van der Waals surface area (Å²) in [7, 11) is -3.93. The predicted octanol–water partition coefficient (Wildman–Crippen LogP) is 5.89. The molecule has 162 valence electrons. The molecule has 0 heterocycles. The summed E-state index contributed by atoms with van der Waals surface area (Å²) >= 11 is 15.4. The van der Waals surface area contributed by atoms with Gasteiger partial charge in [-0.05, 0) is 55.0 Å². The third kappa shape index (κ3) is 6.30. The maximum Gasteiger partial charge on any atom is 0.243 e. The van der Waals surface area contributed by atoms with Crippen molar-refractivity contribution in [2.45, 2.75) is 18.4 Å². The molecule has 0 unspecified atom stereocenters. The van der Waals surface area contributed by atoms with E-state index in [4.69, 9.17) is 23.2 Å². The Hall–Kier alpha value is -1.90. The Bertz CT molecular complexity index is 1180. The molecule has 0 radical (unpaired) electrons. The topological polar surface area (TPSA) is 66.5 Å². The van der Waals surface area contributed by atoms with Gasteiger partial charge in [-0.15, -0.1) is 0 Å². The lowest BCUT2D eigenvalue weighted by atomic mass is 10.2. The first-order chi connectivity index (χ1) is 14.6. The lowest BCUT2D eigenvalue weighted by molar-refractivity contribution is -0.116. The average molecular weight is 542 g/mol. The Kier molecular flexibility index (Phi) is 7.78. The number of hydrogen-bond donors (Lipinski definition) is 1. The van der Waals surface area contributed by atoms with Gasteiger partial charge in [0.2, 0.25) is 15.9 Å². The van der Waals surface area contributed by atoms with Crippen LogP contribution in [0.15, 0.2) is 76.1 Å². The van der Waals surface area contributed by atoms with Gasteiger partial charge in [-0.1, -0.05) is 69.0 Å². The largest absolute Gasteiger partial charge is 0.324 e. The molecule has 5 nitrogen and oxygen atoms in total. The molecule has 1 N–H and O–H groups in total. The van der Waals surface area contributed by atoms with Crippen molar-refractivity contribution in [3.63, 3.8) is 0 Å². The van der Waals surface area contributed by atoms with Crippen molar-refractivity contribution in [1.29, 1.82) is 0 Å². The molecule has 0 atom stereocenters.